The molecule has 114 valence electrons. The van der Waals surface area contributed by atoms with E-state index in [2.05, 4.69) is 4.72 Å². The van der Waals surface area contributed by atoms with Crippen LogP contribution in [0, 0.1) is 0 Å². The summed E-state index contributed by atoms with van der Waals surface area (Å²) >= 11 is 0. The normalized spacial score (nSPS) is 17.2. The first-order valence-corrected chi connectivity index (χ1v) is 8.46. The summed E-state index contributed by atoms with van der Waals surface area (Å²) in [7, 11) is -3.63. The van der Waals surface area contributed by atoms with Crippen LogP contribution in [0.2, 0.25) is 0 Å². The maximum atomic E-state index is 12.5. The summed E-state index contributed by atoms with van der Waals surface area (Å²) in [6.45, 7) is 0. The van der Waals surface area contributed by atoms with Gasteiger partial charge in [0.05, 0.1) is 4.90 Å². The highest BCUT2D eigenvalue weighted by Gasteiger charge is 2.27. The van der Waals surface area contributed by atoms with Crippen molar-refractivity contribution in [2.45, 2.75) is 23.8 Å². The molecule has 1 atom stereocenters. The van der Waals surface area contributed by atoms with Gasteiger partial charge in [-0.3, -0.25) is 4.79 Å². The van der Waals surface area contributed by atoms with E-state index in [-0.39, 0.29) is 16.5 Å². The number of fused-ring (bicyclic) bond motifs is 1. The van der Waals surface area contributed by atoms with Gasteiger partial charge < -0.3 is 5.73 Å². The molecule has 1 unspecified atom stereocenters. The van der Waals surface area contributed by atoms with Gasteiger partial charge in [0.1, 0.15) is 0 Å². The second-order valence-corrected chi connectivity index (χ2v) is 7.01. The Hall–Kier alpha value is -2.18. The second-order valence-electron chi connectivity index (χ2n) is 5.30. The van der Waals surface area contributed by atoms with Gasteiger partial charge >= 0.3 is 0 Å². The standard InChI is InChI=1S/C16H16N2O3S/c17-16(19)12-5-8-13(9-6-12)22(20,21)18-15-10-7-11-3-1-2-4-14(11)15/h1-6,8-9,15,18H,7,10H2,(H2,17,19). The molecule has 0 heterocycles. The van der Waals surface area contributed by atoms with Crippen LogP contribution in [-0.2, 0) is 16.4 Å². The number of rotatable bonds is 4. The minimum atomic E-state index is -3.63. The average Bonchev–Trinajstić information content (AvgIpc) is 2.90. The van der Waals surface area contributed by atoms with Gasteiger partial charge in [0, 0.05) is 11.6 Å². The first-order valence-electron chi connectivity index (χ1n) is 6.97. The van der Waals surface area contributed by atoms with Crippen molar-refractivity contribution in [1.82, 2.24) is 4.72 Å². The van der Waals surface area contributed by atoms with E-state index in [1.54, 1.807) is 0 Å². The molecule has 0 radical (unpaired) electrons. The maximum absolute atomic E-state index is 12.5. The number of hydrogen-bond donors (Lipinski definition) is 2. The predicted octanol–water partition coefficient (Wildman–Crippen LogP) is 1.75. The number of amides is 1. The topological polar surface area (TPSA) is 89.3 Å². The molecule has 0 bridgehead atoms. The summed E-state index contributed by atoms with van der Waals surface area (Å²) in [6, 6.07) is 13.2. The van der Waals surface area contributed by atoms with Crippen molar-refractivity contribution in [1.29, 1.82) is 0 Å². The summed E-state index contributed by atoms with van der Waals surface area (Å²) in [5, 5.41) is 0. The smallest absolute Gasteiger partial charge is 0.248 e. The molecule has 3 rings (SSSR count). The third-order valence-corrected chi connectivity index (χ3v) is 5.37. The zero-order chi connectivity index (χ0) is 15.7. The SMILES string of the molecule is NC(=O)c1ccc(S(=O)(=O)NC2CCc3ccccc32)cc1. The molecule has 0 saturated carbocycles. The molecule has 0 saturated heterocycles. The Morgan fingerprint density at radius 2 is 1.77 bits per heavy atom. The summed E-state index contributed by atoms with van der Waals surface area (Å²) in [5.74, 6) is -0.582. The zero-order valence-electron chi connectivity index (χ0n) is 11.8. The number of hydrogen-bond acceptors (Lipinski definition) is 3. The maximum Gasteiger partial charge on any atom is 0.248 e. The molecule has 0 aromatic heterocycles. The van der Waals surface area contributed by atoms with Gasteiger partial charge in [0.25, 0.3) is 0 Å². The Bertz CT molecular complexity index is 814. The quantitative estimate of drug-likeness (QED) is 0.900. The molecule has 2 aromatic carbocycles. The Kier molecular flexibility index (Phi) is 3.72. The van der Waals surface area contributed by atoms with Gasteiger partial charge in [0.15, 0.2) is 0 Å². The molecular weight excluding hydrogens is 300 g/mol. The number of carbonyl (C=O) groups excluding carboxylic acids is 1. The predicted molar refractivity (Wildman–Crippen MR) is 82.8 cm³/mol. The molecule has 2 aromatic rings. The van der Waals surface area contributed by atoms with E-state index >= 15 is 0 Å². The molecule has 6 heteroatoms. The Morgan fingerprint density at radius 3 is 2.45 bits per heavy atom. The summed E-state index contributed by atoms with van der Waals surface area (Å²) < 4.78 is 27.6. The highest BCUT2D eigenvalue weighted by Crippen LogP contribution is 2.32. The lowest BCUT2D eigenvalue weighted by Crippen LogP contribution is -2.27. The summed E-state index contributed by atoms with van der Waals surface area (Å²) in [5.41, 5.74) is 7.64. The second kappa shape index (κ2) is 5.55. The number of carbonyl (C=O) groups is 1. The van der Waals surface area contributed by atoms with Crippen LogP contribution >= 0.6 is 0 Å². The number of nitrogens with two attached hydrogens (primary N) is 1. The van der Waals surface area contributed by atoms with Crippen LogP contribution in [0.3, 0.4) is 0 Å². The zero-order valence-corrected chi connectivity index (χ0v) is 12.6. The molecule has 1 aliphatic carbocycles. The van der Waals surface area contributed by atoms with Crippen molar-refractivity contribution in [3.63, 3.8) is 0 Å². The number of aryl methyl sites for hydroxylation is 1. The molecular formula is C16H16N2O3S. The largest absolute Gasteiger partial charge is 0.366 e. The van der Waals surface area contributed by atoms with Crippen LogP contribution in [0.5, 0.6) is 0 Å². The third-order valence-electron chi connectivity index (χ3n) is 3.88. The summed E-state index contributed by atoms with van der Waals surface area (Å²) in [6.07, 6.45) is 1.61. The monoisotopic (exact) mass is 316 g/mol. The van der Waals surface area contributed by atoms with Crippen molar-refractivity contribution in [2.24, 2.45) is 5.73 Å². The van der Waals surface area contributed by atoms with Crippen molar-refractivity contribution >= 4 is 15.9 Å². The van der Waals surface area contributed by atoms with E-state index in [4.69, 9.17) is 5.73 Å². The van der Waals surface area contributed by atoms with Crippen LogP contribution in [0.4, 0.5) is 0 Å². The number of sulfonamides is 1. The lowest BCUT2D eigenvalue weighted by molar-refractivity contribution is 0.1000. The number of primary amides is 1. The van der Waals surface area contributed by atoms with E-state index in [0.29, 0.717) is 0 Å². The molecule has 1 amide bonds. The van der Waals surface area contributed by atoms with Crippen LogP contribution < -0.4 is 10.5 Å². The van der Waals surface area contributed by atoms with Crippen LogP contribution in [0.25, 0.3) is 0 Å². The first-order chi connectivity index (χ1) is 10.5. The van der Waals surface area contributed by atoms with Gasteiger partial charge in [0.2, 0.25) is 15.9 Å². The average molecular weight is 316 g/mol. The van der Waals surface area contributed by atoms with E-state index < -0.39 is 15.9 Å². The number of nitrogens with one attached hydrogen (secondary N) is 1. The minimum Gasteiger partial charge on any atom is -0.366 e. The van der Waals surface area contributed by atoms with Crippen LogP contribution in [0.1, 0.15) is 33.9 Å². The van der Waals surface area contributed by atoms with Crippen molar-refractivity contribution in [3.8, 4) is 0 Å². The fourth-order valence-electron chi connectivity index (χ4n) is 2.73. The highest BCUT2D eigenvalue weighted by atomic mass is 32.2. The highest BCUT2D eigenvalue weighted by molar-refractivity contribution is 7.89. The van der Waals surface area contributed by atoms with Gasteiger partial charge in [-0.2, -0.15) is 0 Å². The third kappa shape index (κ3) is 2.75. The molecule has 5 nitrogen and oxygen atoms in total. The fourth-order valence-corrected chi connectivity index (χ4v) is 3.98. The van der Waals surface area contributed by atoms with E-state index in [1.165, 1.54) is 29.8 Å². The Morgan fingerprint density at radius 1 is 1.09 bits per heavy atom. The Labute approximate surface area is 129 Å². The van der Waals surface area contributed by atoms with Gasteiger partial charge in [-0.05, 0) is 48.2 Å². The molecule has 0 fully saturated rings. The van der Waals surface area contributed by atoms with Gasteiger partial charge in [-0.1, -0.05) is 24.3 Å². The number of benzene rings is 2. The van der Waals surface area contributed by atoms with E-state index in [0.717, 1.165) is 18.4 Å². The molecule has 22 heavy (non-hydrogen) atoms. The first kappa shape index (κ1) is 14.7. The van der Waals surface area contributed by atoms with Crippen LogP contribution in [-0.4, -0.2) is 14.3 Å². The minimum absolute atomic E-state index is 0.127. The van der Waals surface area contributed by atoms with Crippen molar-refractivity contribution in [3.05, 3.63) is 65.2 Å². The molecule has 0 aliphatic heterocycles. The molecule has 1 aliphatic rings. The van der Waals surface area contributed by atoms with Crippen LogP contribution in [0.15, 0.2) is 53.4 Å². The summed E-state index contributed by atoms with van der Waals surface area (Å²) in [4.78, 5) is 11.2. The molecule has 3 N–H and O–H groups in total. The lowest BCUT2D eigenvalue weighted by atomic mass is 10.1. The van der Waals surface area contributed by atoms with Gasteiger partial charge in [-0.25, -0.2) is 13.1 Å². The van der Waals surface area contributed by atoms with E-state index in [1.807, 2.05) is 24.3 Å². The van der Waals surface area contributed by atoms with Crippen molar-refractivity contribution < 1.29 is 13.2 Å². The molecule has 0 spiro atoms. The van der Waals surface area contributed by atoms with Gasteiger partial charge in [-0.15, -0.1) is 0 Å². The van der Waals surface area contributed by atoms with Crippen molar-refractivity contribution in [2.75, 3.05) is 0 Å². The van der Waals surface area contributed by atoms with E-state index in [9.17, 15) is 13.2 Å². The fraction of sp³-hybridized carbons (Fsp3) is 0.188. The Balaban J connectivity index is 1.84. The lowest BCUT2D eigenvalue weighted by Gasteiger charge is -2.14.